The molecule has 5 heteroatoms. The molecule has 3 aliphatic carbocycles. The van der Waals surface area contributed by atoms with Crippen molar-refractivity contribution in [2.75, 3.05) is 19.8 Å². The zero-order valence-electron chi connectivity index (χ0n) is 11.9. The number of hydrogen-bond donors (Lipinski definition) is 2. The van der Waals surface area contributed by atoms with Crippen molar-refractivity contribution in [3.63, 3.8) is 0 Å². The zero-order valence-corrected chi connectivity index (χ0v) is 11.9. The molecule has 4 aliphatic rings. The third-order valence-electron chi connectivity index (χ3n) is 5.90. The van der Waals surface area contributed by atoms with Gasteiger partial charge in [-0.1, -0.05) is 6.42 Å². The quantitative estimate of drug-likeness (QED) is 0.811. The Balaban J connectivity index is 1.43. The molecule has 0 bridgehead atoms. The first kappa shape index (κ1) is 12.9. The molecule has 2 N–H and O–H groups in total. The van der Waals surface area contributed by atoms with E-state index in [9.17, 15) is 4.79 Å². The number of rotatable bonds is 4. The van der Waals surface area contributed by atoms with Gasteiger partial charge in [0.15, 0.2) is 0 Å². The van der Waals surface area contributed by atoms with Gasteiger partial charge in [-0.05, 0) is 32.1 Å². The minimum Gasteiger partial charge on any atom is -0.395 e. The molecular formula is C15H24N2O3. The van der Waals surface area contributed by atoms with Gasteiger partial charge in [0.25, 0.3) is 0 Å². The maximum Gasteiger partial charge on any atom is 0.317 e. The number of amides is 2. The number of aliphatic hydroxyl groups is 1. The Kier molecular flexibility index (Phi) is 2.96. The summed E-state index contributed by atoms with van der Waals surface area (Å²) in [4.78, 5) is 14.3. The minimum atomic E-state index is 0.0307. The van der Waals surface area contributed by atoms with E-state index < -0.39 is 0 Å². The summed E-state index contributed by atoms with van der Waals surface area (Å²) in [5, 5.41) is 12.4. The van der Waals surface area contributed by atoms with Crippen LogP contribution in [0.2, 0.25) is 0 Å². The van der Waals surface area contributed by atoms with Crippen molar-refractivity contribution < 1.29 is 14.6 Å². The summed E-state index contributed by atoms with van der Waals surface area (Å²) >= 11 is 0. The Morgan fingerprint density at radius 3 is 2.75 bits per heavy atom. The molecular weight excluding hydrogens is 256 g/mol. The van der Waals surface area contributed by atoms with Crippen molar-refractivity contribution >= 4 is 6.03 Å². The van der Waals surface area contributed by atoms with Crippen LogP contribution in [0.4, 0.5) is 4.79 Å². The first-order valence-corrected chi connectivity index (χ1v) is 8.06. The SMILES string of the molecule is O=C(NC1C2CCOC2C12CCC2)N(CCO)C1CC1. The summed E-state index contributed by atoms with van der Waals surface area (Å²) in [5.74, 6) is 0.523. The van der Waals surface area contributed by atoms with Gasteiger partial charge < -0.3 is 20.1 Å². The lowest BCUT2D eigenvalue weighted by Crippen LogP contribution is -2.72. The largest absolute Gasteiger partial charge is 0.395 e. The van der Waals surface area contributed by atoms with Crippen molar-refractivity contribution in [3.8, 4) is 0 Å². The molecule has 1 heterocycles. The van der Waals surface area contributed by atoms with E-state index in [1.54, 1.807) is 0 Å². The van der Waals surface area contributed by atoms with Gasteiger partial charge in [-0.3, -0.25) is 0 Å². The number of carbonyl (C=O) groups excluding carboxylic acids is 1. The Labute approximate surface area is 119 Å². The molecule has 1 aliphatic heterocycles. The molecule has 0 radical (unpaired) electrons. The number of aliphatic hydroxyl groups excluding tert-OH is 1. The lowest BCUT2D eigenvalue weighted by molar-refractivity contribution is -0.172. The van der Waals surface area contributed by atoms with Gasteiger partial charge in [-0.2, -0.15) is 0 Å². The molecule has 3 saturated carbocycles. The molecule has 4 fully saturated rings. The number of hydrogen-bond acceptors (Lipinski definition) is 3. The van der Waals surface area contributed by atoms with E-state index in [1.165, 1.54) is 19.3 Å². The first-order valence-electron chi connectivity index (χ1n) is 8.06. The van der Waals surface area contributed by atoms with Crippen molar-refractivity contribution in [2.24, 2.45) is 11.3 Å². The van der Waals surface area contributed by atoms with Gasteiger partial charge >= 0.3 is 6.03 Å². The summed E-state index contributed by atoms with van der Waals surface area (Å²) < 4.78 is 5.88. The number of ether oxygens (including phenoxy) is 1. The fraction of sp³-hybridized carbons (Fsp3) is 0.933. The van der Waals surface area contributed by atoms with Crippen LogP contribution < -0.4 is 5.32 Å². The van der Waals surface area contributed by atoms with Gasteiger partial charge in [0.05, 0.1) is 12.7 Å². The predicted molar refractivity (Wildman–Crippen MR) is 73.3 cm³/mol. The number of carbonyl (C=O) groups is 1. The minimum absolute atomic E-state index is 0.0307. The fourth-order valence-corrected chi connectivity index (χ4v) is 4.62. The molecule has 20 heavy (non-hydrogen) atoms. The van der Waals surface area contributed by atoms with E-state index in [0.29, 0.717) is 30.7 Å². The van der Waals surface area contributed by atoms with E-state index in [1.807, 2.05) is 4.90 Å². The molecule has 5 nitrogen and oxygen atoms in total. The highest BCUT2D eigenvalue weighted by Gasteiger charge is 2.67. The van der Waals surface area contributed by atoms with Gasteiger partial charge in [0.2, 0.25) is 0 Å². The normalized spacial score (nSPS) is 37.0. The lowest BCUT2D eigenvalue weighted by Gasteiger charge is -2.63. The molecule has 1 spiro atoms. The average Bonchev–Trinajstić information content (AvgIpc) is 3.12. The van der Waals surface area contributed by atoms with E-state index in [-0.39, 0.29) is 18.1 Å². The molecule has 112 valence electrons. The second-order valence-corrected chi connectivity index (χ2v) is 6.91. The lowest BCUT2D eigenvalue weighted by atomic mass is 9.46. The molecule has 0 aromatic heterocycles. The summed E-state index contributed by atoms with van der Waals surface area (Å²) in [6.07, 6.45) is 7.30. The third kappa shape index (κ3) is 1.72. The smallest absolute Gasteiger partial charge is 0.317 e. The third-order valence-corrected chi connectivity index (χ3v) is 5.90. The number of urea groups is 1. The summed E-state index contributed by atoms with van der Waals surface area (Å²) in [5.41, 5.74) is 0.241. The van der Waals surface area contributed by atoms with E-state index >= 15 is 0 Å². The van der Waals surface area contributed by atoms with E-state index in [2.05, 4.69) is 5.32 Å². The monoisotopic (exact) mass is 280 g/mol. The molecule has 2 amide bonds. The topological polar surface area (TPSA) is 61.8 Å². The highest BCUT2D eigenvalue weighted by Crippen LogP contribution is 2.62. The molecule has 3 atom stereocenters. The van der Waals surface area contributed by atoms with Crippen LogP contribution in [-0.4, -0.2) is 54.0 Å². The highest BCUT2D eigenvalue weighted by atomic mass is 16.5. The summed E-state index contributed by atoms with van der Waals surface area (Å²) in [6.45, 7) is 1.36. The second-order valence-electron chi connectivity index (χ2n) is 6.91. The Morgan fingerprint density at radius 2 is 2.15 bits per heavy atom. The fourth-order valence-electron chi connectivity index (χ4n) is 4.62. The first-order chi connectivity index (χ1) is 9.76. The van der Waals surface area contributed by atoms with Crippen LogP contribution in [0.25, 0.3) is 0 Å². The molecule has 1 saturated heterocycles. The second kappa shape index (κ2) is 4.60. The number of fused-ring (bicyclic) bond motifs is 2. The molecule has 4 rings (SSSR count). The van der Waals surface area contributed by atoms with Crippen LogP contribution in [0.3, 0.4) is 0 Å². The maximum absolute atomic E-state index is 12.5. The maximum atomic E-state index is 12.5. The van der Waals surface area contributed by atoms with E-state index in [0.717, 1.165) is 25.9 Å². The average molecular weight is 280 g/mol. The Morgan fingerprint density at radius 1 is 1.35 bits per heavy atom. The van der Waals surface area contributed by atoms with Crippen LogP contribution in [0.5, 0.6) is 0 Å². The van der Waals surface area contributed by atoms with Crippen LogP contribution in [0, 0.1) is 11.3 Å². The van der Waals surface area contributed by atoms with Crippen molar-refractivity contribution in [1.29, 1.82) is 0 Å². The van der Waals surface area contributed by atoms with Crippen LogP contribution in [-0.2, 0) is 4.74 Å². The predicted octanol–water partition coefficient (Wildman–Crippen LogP) is 1.11. The zero-order chi connectivity index (χ0) is 13.7. The van der Waals surface area contributed by atoms with Gasteiger partial charge in [0.1, 0.15) is 0 Å². The summed E-state index contributed by atoms with van der Waals surface area (Å²) in [7, 11) is 0. The van der Waals surface area contributed by atoms with Crippen LogP contribution >= 0.6 is 0 Å². The molecule has 0 aromatic rings. The molecule has 3 unspecified atom stereocenters. The van der Waals surface area contributed by atoms with Gasteiger partial charge in [-0.15, -0.1) is 0 Å². The Hall–Kier alpha value is -0.810. The standard InChI is InChI=1S/C15H24N2O3/c18-8-7-17(10-2-3-10)14(19)16-12-11-4-9-20-13(11)15(12)5-1-6-15/h10-13,18H,1-9H2,(H,16,19). The number of nitrogens with one attached hydrogen (secondary N) is 1. The van der Waals surface area contributed by atoms with Crippen molar-refractivity contribution in [2.45, 2.75) is 56.7 Å². The highest BCUT2D eigenvalue weighted by molar-refractivity contribution is 5.75. The number of nitrogens with zero attached hydrogens (tertiary/aromatic N) is 1. The van der Waals surface area contributed by atoms with Gasteiger partial charge in [-0.25, -0.2) is 4.79 Å². The molecule has 0 aromatic carbocycles. The van der Waals surface area contributed by atoms with Crippen molar-refractivity contribution in [1.82, 2.24) is 10.2 Å². The summed E-state index contributed by atoms with van der Waals surface area (Å²) in [6, 6.07) is 0.689. The van der Waals surface area contributed by atoms with Crippen LogP contribution in [0.15, 0.2) is 0 Å². The van der Waals surface area contributed by atoms with E-state index in [4.69, 9.17) is 9.84 Å². The van der Waals surface area contributed by atoms with Crippen LogP contribution in [0.1, 0.15) is 38.5 Å². The Bertz CT molecular complexity index is 406. The van der Waals surface area contributed by atoms with Crippen molar-refractivity contribution in [3.05, 3.63) is 0 Å². The van der Waals surface area contributed by atoms with Gasteiger partial charge in [0, 0.05) is 36.6 Å².